The van der Waals surface area contributed by atoms with Crippen molar-refractivity contribution in [1.29, 1.82) is 0 Å². The Labute approximate surface area is 190 Å². The lowest BCUT2D eigenvalue weighted by molar-refractivity contribution is -0.139. The van der Waals surface area contributed by atoms with Crippen molar-refractivity contribution in [2.45, 2.75) is 32.9 Å². The SMILES string of the molecule is Cc1cc(NC(=O)C(=O)Nc2ccccc2CN2C(=O)CCC2=O)n(Cc2ccccc2)n1. The van der Waals surface area contributed by atoms with Crippen molar-refractivity contribution in [2.75, 3.05) is 10.6 Å². The quantitative estimate of drug-likeness (QED) is 0.447. The van der Waals surface area contributed by atoms with Gasteiger partial charge in [-0.05, 0) is 24.1 Å². The zero-order valence-corrected chi connectivity index (χ0v) is 18.1. The summed E-state index contributed by atoms with van der Waals surface area (Å²) in [6, 6.07) is 18.1. The van der Waals surface area contributed by atoms with Gasteiger partial charge < -0.3 is 10.6 Å². The minimum Gasteiger partial charge on any atom is -0.317 e. The van der Waals surface area contributed by atoms with Crippen LogP contribution >= 0.6 is 0 Å². The second-order valence-corrected chi connectivity index (χ2v) is 7.75. The minimum atomic E-state index is -0.869. The van der Waals surface area contributed by atoms with Gasteiger partial charge in [0.25, 0.3) is 0 Å². The fourth-order valence-corrected chi connectivity index (χ4v) is 3.62. The number of carbonyl (C=O) groups is 4. The number of likely N-dealkylation sites (tertiary alicyclic amines) is 1. The Balaban J connectivity index is 1.45. The lowest BCUT2D eigenvalue weighted by Gasteiger charge is -2.17. The Bertz CT molecular complexity index is 1200. The van der Waals surface area contributed by atoms with Crippen molar-refractivity contribution in [2.24, 2.45) is 0 Å². The summed E-state index contributed by atoms with van der Waals surface area (Å²) < 4.78 is 1.62. The highest BCUT2D eigenvalue weighted by atomic mass is 16.2. The molecule has 3 aromatic rings. The average molecular weight is 445 g/mol. The van der Waals surface area contributed by atoms with Gasteiger partial charge in [-0.15, -0.1) is 0 Å². The van der Waals surface area contributed by atoms with Gasteiger partial charge in [0, 0.05) is 24.6 Å². The van der Waals surface area contributed by atoms with Crippen LogP contribution in [0, 0.1) is 6.92 Å². The van der Waals surface area contributed by atoms with E-state index in [2.05, 4.69) is 15.7 Å². The molecule has 0 aliphatic carbocycles. The molecular formula is C24H23N5O4. The van der Waals surface area contributed by atoms with Crippen LogP contribution in [0.1, 0.15) is 29.7 Å². The number of anilines is 2. The molecule has 1 fully saturated rings. The lowest BCUT2D eigenvalue weighted by Crippen LogP contribution is -2.32. The van der Waals surface area contributed by atoms with Gasteiger partial charge in [0.15, 0.2) is 0 Å². The molecule has 0 atom stereocenters. The van der Waals surface area contributed by atoms with E-state index < -0.39 is 11.8 Å². The Hall–Kier alpha value is -4.27. The maximum Gasteiger partial charge on any atom is 0.315 e. The van der Waals surface area contributed by atoms with Crippen molar-refractivity contribution >= 4 is 35.1 Å². The van der Waals surface area contributed by atoms with Crippen molar-refractivity contribution in [1.82, 2.24) is 14.7 Å². The van der Waals surface area contributed by atoms with Crippen molar-refractivity contribution in [3.05, 3.63) is 77.5 Å². The zero-order chi connectivity index (χ0) is 23.4. The van der Waals surface area contributed by atoms with E-state index >= 15 is 0 Å². The number of rotatable bonds is 6. The summed E-state index contributed by atoms with van der Waals surface area (Å²) in [5.41, 5.74) is 2.62. The van der Waals surface area contributed by atoms with Crippen LogP contribution < -0.4 is 10.6 Å². The highest BCUT2D eigenvalue weighted by Gasteiger charge is 2.29. The second kappa shape index (κ2) is 9.47. The van der Waals surface area contributed by atoms with Crippen molar-refractivity contribution in [3.8, 4) is 0 Å². The van der Waals surface area contributed by atoms with Gasteiger partial charge in [-0.2, -0.15) is 5.10 Å². The molecule has 1 saturated heterocycles. The first-order valence-corrected chi connectivity index (χ1v) is 10.5. The summed E-state index contributed by atoms with van der Waals surface area (Å²) >= 11 is 0. The highest BCUT2D eigenvalue weighted by molar-refractivity contribution is 6.43. The third-order valence-electron chi connectivity index (χ3n) is 5.27. The number of aromatic nitrogens is 2. The first kappa shape index (κ1) is 21.9. The van der Waals surface area contributed by atoms with E-state index in [-0.39, 0.29) is 31.2 Å². The van der Waals surface area contributed by atoms with Crippen LogP contribution in [-0.2, 0) is 32.3 Å². The number of nitrogens with one attached hydrogen (secondary N) is 2. The number of aryl methyl sites for hydroxylation is 1. The van der Waals surface area contributed by atoms with Crippen LogP contribution in [0.3, 0.4) is 0 Å². The number of para-hydroxylation sites is 1. The van der Waals surface area contributed by atoms with Gasteiger partial charge in [-0.1, -0.05) is 48.5 Å². The molecule has 0 saturated carbocycles. The molecule has 4 rings (SSSR count). The average Bonchev–Trinajstić information content (AvgIpc) is 3.31. The first-order chi connectivity index (χ1) is 15.9. The summed E-state index contributed by atoms with van der Waals surface area (Å²) in [7, 11) is 0. The third kappa shape index (κ3) is 5.15. The Morgan fingerprint density at radius 1 is 0.879 bits per heavy atom. The lowest BCUT2D eigenvalue weighted by atomic mass is 10.1. The third-order valence-corrected chi connectivity index (χ3v) is 5.27. The number of benzene rings is 2. The van der Waals surface area contributed by atoms with Crippen LogP contribution in [0.5, 0.6) is 0 Å². The molecule has 0 radical (unpaired) electrons. The number of carbonyl (C=O) groups excluding carboxylic acids is 4. The molecule has 0 bridgehead atoms. The number of hydrogen-bond acceptors (Lipinski definition) is 5. The van der Waals surface area contributed by atoms with Crippen LogP contribution in [0.2, 0.25) is 0 Å². The van der Waals surface area contributed by atoms with Crippen LogP contribution in [0.15, 0.2) is 60.7 Å². The van der Waals surface area contributed by atoms with Crippen molar-refractivity contribution in [3.63, 3.8) is 0 Å². The summed E-state index contributed by atoms with van der Waals surface area (Å²) in [6.07, 6.45) is 0.373. The molecule has 2 aromatic carbocycles. The molecule has 1 aliphatic rings. The second-order valence-electron chi connectivity index (χ2n) is 7.75. The van der Waals surface area contributed by atoms with E-state index in [1.165, 1.54) is 0 Å². The van der Waals surface area contributed by atoms with E-state index in [9.17, 15) is 19.2 Å². The molecule has 9 nitrogen and oxygen atoms in total. The van der Waals surface area contributed by atoms with Crippen molar-refractivity contribution < 1.29 is 19.2 Å². The monoisotopic (exact) mass is 445 g/mol. The van der Waals surface area contributed by atoms with Crippen LogP contribution in [0.25, 0.3) is 0 Å². The van der Waals surface area contributed by atoms with Gasteiger partial charge in [0.2, 0.25) is 11.8 Å². The zero-order valence-electron chi connectivity index (χ0n) is 18.1. The van der Waals surface area contributed by atoms with E-state index in [0.29, 0.717) is 29.3 Å². The standard InChI is InChI=1S/C24H23N5O4/c1-16-13-20(29(27-16)14-17-7-3-2-4-8-17)26-24(33)23(32)25-19-10-6-5-9-18(19)15-28-21(30)11-12-22(28)31/h2-10,13H,11-12,14-15H2,1H3,(H,25,32)(H,26,33). The van der Waals surface area contributed by atoms with E-state index in [0.717, 1.165) is 10.5 Å². The van der Waals surface area contributed by atoms with Gasteiger partial charge in [-0.3, -0.25) is 24.1 Å². The van der Waals surface area contributed by atoms with E-state index in [1.807, 2.05) is 30.3 Å². The number of nitrogens with zero attached hydrogens (tertiary/aromatic N) is 3. The largest absolute Gasteiger partial charge is 0.317 e. The first-order valence-electron chi connectivity index (χ1n) is 10.5. The molecule has 33 heavy (non-hydrogen) atoms. The normalized spacial score (nSPS) is 13.3. The smallest absolute Gasteiger partial charge is 0.315 e. The van der Waals surface area contributed by atoms with E-state index in [4.69, 9.17) is 0 Å². The minimum absolute atomic E-state index is 0.0405. The summed E-state index contributed by atoms with van der Waals surface area (Å²) in [5, 5.41) is 9.58. The Morgan fingerprint density at radius 2 is 1.52 bits per heavy atom. The maximum absolute atomic E-state index is 12.6. The summed E-state index contributed by atoms with van der Waals surface area (Å²) in [5.74, 6) is -1.82. The molecule has 2 heterocycles. The molecule has 0 unspecified atom stereocenters. The van der Waals surface area contributed by atoms with Crippen LogP contribution in [0.4, 0.5) is 11.5 Å². The fourth-order valence-electron chi connectivity index (χ4n) is 3.62. The molecular weight excluding hydrogens is 422 g/mol. The molecule has 1 aliphatic heterocycles. The fraction of sp³-hybridized carbons (Fsp3) is 0.208. The highest BCUT2D eigenvalue weighted by Crippen LogP contribution is 2.21. The summed E-state index contributed by atoms with van der Waals surface area (Å²) in [6.45, 7) is 2.28. The number of imide groups is 1. The predicted molar refractivity (Wildman–Crippen MR) is 121 cm³/mol. The maximum atomic E-state index is 12.6. The molecule has 168 valence electrons. The Kier molecular flexibility index (Phi) is 6.30. The molecule has 0 spiro atoms. The number of amides is 4. The Morgan fingerprint density at radius 3 is 2.24 bits per heavy atom. The van der Waals surface area contributed by atoms with E-state index in [1.54, 1.807) is 41.9 Å². The molecule has 9 heteroatoms. The topological polar surface area (TPSA) is 113 Å². The molecule has 2 N–H and O–H groups in total. The molecule has 4 amide bonds. The van der Waals surface area contributed by atoms with Gasteiger partial charge in [-0.25, -0.2) is 4.68 Å². The van der Waals surface area contributed by atoms with Gasteiger partial charge in [0.05, 0.1) is 18.8 Å². The van der Waals surface area contributed by atoms with Gasteiger partial charge in [0.1, 0.15) is 5.82 Å². The number of hydrogen-bond donors (Lipinski definition) is 2. The van der Waals surface area contributed by atoms with Gasteiger partial charge >= 0.3 is 11.8 Å². The molecule has 1 aromatic heterocycles. The predicted octanol–water partition coefficient (Wildman–Crippen LogP) is 2.47. The summed E-state index contributed by atoms with van der Waals surface area (Å²) in [4.78, 5) is 50.3. The van der Waals surface area contributed by atoms with Crippen LogP contribution in [-0.4, -0.2) is 38.3 Å².